The van der Waals surface area contributed by atoms with E-state index in [1.807, 2.05) is 24.3 Å². The number of sulfonamides is 1. The van der Waals surface area contributed by atoms with Crippen molar-refractivity contribution < 1.29 is 8.42 Å². The third kappa shape index (κ3) is 4.48. The normalized spacial score (nSPS) is 11.6. The van der Waals surface area contributed by atoms with Gasteiger partial charge in [0.2, 0.25) is 0 Å². The number of nitrogen functional groups attached to an aromatic ring is 1. The van der Waals surface area contributed by atoms with E-state index in [4.69, 9.17) is 5.73 Å². The van der Waals surface area contributed by atoms with Gasteiger partial charge in [-0.05, 0) is 55.8 Å². The van der Waals surface area contributed by atoms with Crippen molar-refractivity contribution in [1.82, 2.24) is 4.83 Å². The van der Waals surface area contributed by atoms with E-state index in [1.54, 1.807) is 0 Å². The summed E-state index contributed by atoms with van der Waals surface area (Å²) in [4.78, 5) is 4.54. The topological polar surface area (TPSA) is 87.8 Å². The Morgan fingerprint density at radius 2 is 1.62 bits per heavy atom. The van der Waals surface area contributed by atoms with Crippen LogP contribution in [0.1, 0.15) is 19.4 Å². The summed E-state index contributed by atoms with van der Waals surface area (Å²) in [7, 11) is -3.69. The van der Waals surface area contributed by atoms with Crippen molar-refractivity contribution in [3.63, 3.8) is 0 Å². The summed E-state index contributed by atoms with van der Waals surface area (Å²) in [5.41, 5.74) is 7.99. The van der Waals surface area contributed by atoms with E-state index >= 15 is 0 Å². The number of nitrogens with two attached hydrogens (primary N) is 1. The lowest BCUT2D eigenvalue weighted by atomic mass is 10.2. The van der Waals surface area contributed by atoms with E-state index in [1.165, 1.54) is 30.5 Å². The van der Waals surface area contributed by atoms with Gasteiger partial charge in [0.05, 0.1) is 11.1 Å². The molecular formula is C17H22N4O2S. The predicted molar refractivity (Wildman–Crippen MR) is 98.8 cm³/mol. The average Bonchev–Trinajstić information content (AvgIpc) is 2.57. The van der Waals surface area contributed by atoms with Crippen LogP contribution in [0.4, 0.5) is 11.4 Å². The molecule has 0 heterocycles. The molecule has 0 saturated heterocycles. The first-order chi connectivity index (χ1) is 11.5. The Morgan fingerprint density at radius 1 is 1.04 bits per heavy atom. The predicted octanol–water partition coefficient (Wildman–Crippen LogP) is 2.43. The van der Waals surface area contributed by atoms with Crippen LogP contribution in [0.5, 0.6) is 0 Å². The molecule has 2 rings (SSSR count). The van der Waals surface area contributed by atoms with Gasteiger partial charge in [-0.25, -0.2) is 4.83 Å². The molecule has 0 aliphatic carbocycles. The van der Waals surface area contributed by atoms with Gasteiger partial charge in [-0.3, -0.25) is 0 Å². The molecule has 24 heavy (non-hydrogen) atoms. The zero-order chi connectivity index (χ0) is 17.6. The third-order valence-corrected chi connectivity index (χ3v) is 4.84. The molecule has 0 atom stereocenters. The highest BCUT2D eigenvalue weighted by molar-refractivity contribution is 7.89. The first-order valence-corrected chi connectivity index (χ1v) is 9.20. The smallest absolute Gasteiger partial charge is 0.276 e. The van der Waals surface area contributed by atoms with Gasteiger partial charge in [0.1, 0.15) is 0 Å². The van der Waals surface area contributed by atoms with Gasteiger partial charge in [0.15, 0.2) is 0 Å². The molecule has 6 nitrogen and oxygen atoms in total. The fraction of sp³-hybridized carbons (Fsp3) is 0.235. The van der Waals surface area contributed by atoms with Gasteiger partial charge < -0.3 is 10.6 Å². The average molecular weight is 346 g/mol. The van der Waals surface area contributed by atoms with Crippen LogP contribution in [-0.2, 0) is 10.0 Å². The molecule has 0 aliphatic heterocycles. The third-order valence-electron chi connectivity index (χ3n) is 3.60. The maximum atomic E-state index is 12.1. The monoisotopic (exact) mass is 346 g/mol. The van der Waals surface area contributed by atoms with Gasteiger partial charge in [0, 0.05) is 24.5 Å². The lowest BCUT2D eigenvalue weighted by Gasteiger charge is -2.20. The summed E-state index contributed by atoms with van der Waals surface area (Å²) in [5.74, 6) is 0. The Hall–Kier alpha value is -2.54. The fourth-order valence-electron chi connectivity index (χ4n) is 2.23. The van der Waals surface area contributed by atoms with E-state index in [-0.39, 0.29) is 4.90 Å². The maximum absolute atomic E-state index is 12.1. The summed E-state index contributed by atoms with van der Waals surface area (Å²) in [6.07, 6.45) is 1.47. The van der Waals surface area contributed by atoms with Crippen LogP contribution in [0.3, 0.4) is 0 Å². The quantitative estimate of drug-likeness (QED) is 0.458. The minimum atomic E-state index is -3.69. The van der Waals surface area contributed by atoms with Gasteiger partial charge in [0.25, 0.3) is 10.0 Å². The Morgan fingerprint density at radius 3 is 2.17 bits per heavy atom. The fourth-order valence-corrected chi connectivity index (χ4v) is 3.02. The maximum Gasteiger partial charge on any atom is 0.276 e. The van der Waals surface area contributed by atoms with E-state index in [2.05, 4.69) is 28.7 Å². The van der Waals surface area contributed by atoms with Crippen molar-refractivity contribution in [3.8, 4) is 0 Å². The van der Waals surface area contributed by atoms with Crippen LogP contribution < -0.4 is 15.5 Å². The number of benzene rings is 2. The van der Waals surface area contributed by atoms with Gasteiger partial charge in [-0.1, -0.05) is 12.1 Å². The molecule has 0 radical (unpaired) electrons. The van der Waals surface area contributed by atoms with Crippen molar-refractivity contribution in [3.05, 3.63) is 54.1 Å². The second-order valence-electron chi connectivity index (χ2n) is 5.19. The molecule has 0 bridgehead atoms. The lowest BCUT2D eigenvalue weighted by Crippen LogP contribution is -2.21. The summed E-state index contributed by atoms with van der Waals surface area (Å²) in [6.45, 7) is 6.08. The zero-order valence-electron chi connectivity index (χ0n) is 13.8. The van der Waals surface area contributed by atoms with E-state index in [9.17, 15) is 8.42 Å². The largest absolute Gasteiger partial charge is 0.399 e. The van der Waals surface area contributed by atoms with Gasteiger partial charge in [-0.2, -0.15) is 13.5 Å². The summed E-state index contributed by atoms with van der Waals surface area (Å²) < 4.78 is 24.2. The molecule has 0 fully saturated rings. The highest BCUT2D eigenvalue weighted by Crippen LogP contribution is 2.14. The second-order valence-corrected chi connectivity index (χ2v) is 6.85. The highest BCUT2D eigenvalue weighted by atomic mass is 32.2. The number of hydrazone groups is 1. The molecule has 128 valence electrons. The molecule has 0 unspecified atom stereocenters. The molecular weight excluding hydrogens is 324 g/mol. The van der Waals surface area contributed by atoms with E-state index in [0.717, 1.165) is 24.3 Å². The standard InChI is InChI=1S/C17H22N4O2S/c1-3-21(4-2)16-9-5-14(6-10-16)13-19-20-24(22,23)17-11-7-15(18)8-12-17/h5-13,20H,3-4,18H2,1-2H3/b19-13-. The summed E-state index contributed by atoms with van der Waals surface area (Å²) in [6, 6.07) is 13.7. The molecule has 0 aromatic heterocycles. The molecule has 0 saturated carbocycles. The number of rotatable bonds is 7. The first-order valence-electron chi connectivity index (χ1n) is 7.71. The number of nitrogens with one attached hydrogen (secondary N) is 1. The Labute approximate surface area is 143 Å². The van der Waals surface area contributed by atoms with E-state index < -0.39 is 10.0 Å². The summed E-state index contributed by atoms with van der Waals surface area (Å²) in [5, 5.41) is 3.82. The number of hydrogen-bond acceptors (Lipinski definition) is 5. The van der Waals surface area contributed by atoms with Crippen molar-refractivity contribution >= 4 is 27.6 Å². The molecule has 0 spiro atoms. The molecule has 3 N–H and O–H groups in total. The Bertz CT molecular complexity index is 780. The molecule has 2 aromatic rings. The number of anilines is 2. The van der Waals surface area contributed by atoms with Crippen LogP contribution >= 0.6 is 0 Å². The van der Waals surface area contributed by atoms with Crippen LogP contribution in [0, 0.1) is 0 Å². The minimum Gasteiger partial charge on any atom is -0.399 e. The molecule has 0 amide bonds. The molecule has 2 aromatic carbocycles. The van der Waals surface area contributed by atoms with Crippen molar-refractivity contribution in [1.29, 1.82) is 0 Å². The number of hydrogen-bond donors (Lipinski definition) is 2. The highest BCUT2D eigenvalue weighted by Gasteiger charge is 2.11. The van der Waals surface area contributed by atoms with Crippen LogP contribution in [0.15, 0.2) is 58.5 Å². The zero-order valence-corrected chi connectivity index (χ0v) is 14.6. The van der Waals surface area contributed by atoms with Crippen molar-refractivity contribution in [2.75, 3.05) is 23.7 Å². The second kappa shape index (κ2) is 7.83. The molecule has 7 heteroatoms. The van der Waals surface area contributed by atoms with Crippen LogP contribution in [0.25, 0.3) is 0 Å². The SMILES string of the molecule is CCN(CC)c1ccc(/C=N\NS(=O)(=O)c2ccc(N)cc2)cc1. The Balaban J connectivity index is 2.04. The van der Waals surface area contributed by atoms with E-state index in [0.29, 0.717) is 5.69 Å². The van der Waals surface area contributed by atoms with Gasteiger partial charge in [-0.15, -0.1) is 0 Å². The Kier molecular flexibility index (Phi) is 5.81. The lowest BCUT2D eigenvalue weighted by molar-refractivity contribution is 0.584. The van der Waals surface area contributed by atoms with Crippen LogP contribution in [0.2, 0.25) is 0 Å². The van der Waals surface area contributed by atoms with Crippen molar-refractivity contribution in [2.24, 2.45) is 5.10 Å². The minimum absolute atomic E-state index is 0.116. The van der Waals surface area contributed by atoms with Crippen molar-refractivity contribution in [2.45, 2.75) is 18.7 Å². The van der Waals surface area contributed by atoms with Gasteiger partial charge >= 0.3 is 0 Å². The number of nitrogens with zero attached hydrogens (tertiary/aromatic N) is 2. The first kappa shape index (κ1) is 17.8. The van der Waals surface area contributed by atoms with Crippen LogP contribution in [-0.4, -0.2) is 27.7 Å². The molecule has 0 aliphatic rings. The summed E-state index contributed by atoms with van der Waals surface area (Å²) >= 11 is 0.